The van der Waals surface area contributed by atoms with Gasteiger partial charge in [-0.05, 0) is 10.3 Å². The van der Waals surface area contributed by atoms with E-state index in [4.69, 9.17) is 22.4 Å². The molecule has 1 rings (SSSR count). The number of aliphatic hydroxyl groups is 1. The predicted octanol–water partition coefficient (Wildman–Crippen LogP) is -0.413. The van der Waals surface area contributed by atoms with Crippen LogP contribution in [0.15, 0.2) is 9.62 Å². The van der Waals surface area contributed by atoms with Crippen molar-refractivity contribution in [3.8, 4) is 0 Å². The molecule has 0 aliphatic carbocycles. The molecule has 0 spiro atoms. The van der Waals surface area contributed by atoms with Gasteiger partial charge in [-0.15, -0.1) is 0 Å². The van der Waals surface area contributed by atoms with E-state index in [9.17, 15) is 0 Å². The lowest BCUT2D eigenvalue weighted by atomic mass is 10.5. The van der Waals surface area contributed by atoms with E-state index in [2.05, 4.69) is 19.9 Å². The zero-order chi connectivity index (χ0) is 8.27. The Balaban J connectivity index is 2.92. The summed E-state index contributed by atoms with van der Waals surface area (Å²) in [5.41, 5.74) is 5.40. The third kappa shape index (κ3) is 1.66. The normalized spacial score (nSPS) is 12.0. The molecule has 0 saturated carbocycles. The summed E-state index contributed by atoms with van der Waals surface area (Å²) < 4.78 is 4.24. The number of nitrogens with zero attached hydrogens (tertiary/aromatic N) is 3. The van der Waals surface area contributed by atoms with E-state index >= 15 is 0 Å². The third-order valence-corrected chi connectivity index (χ3v) is 1.22. The van der Waals surface area contributed by atoms with Crippen molar-refractivity contribution in [1.82, 2.24) is 10.3 Å². The van der Waals surface area contributed by atoms with Gasteiger partial charge in [0.25, 0.3) is 0 Å². The quantitative estimate of drug-likeness (QED) is 0.597. The first-order chi connectivity index (χ1) is 5.25. The fourth-order valence-corrected chi connectivity index (χ4v) is 0.660. The van der Waals surface area contributed by atoms with Crippen molar-refractivity contribution in [3.63, 3.8) is 0 Å². The largest absolute Gasteiger partial charge is 0.379 e. The number of aliphatic imine (C=N–C) groups is 1. The molecule has 0 aromatic carbocycles. The maximum atomic E-state index is 8.33. The summed E-state index contributed by atoms with van der Waals surface area (Å²) in [6, 6.07) is 0. The van der Waals surface area contributed by atoms with Crippen molar-refractivity contribution < 1.29 is 9.74 Å². The van der Waals surface area contributed by atoms with Crippen LogP contribution >= 0.6 is 11.6 Å². The lowest BCUT2D eigenvalue weighted by Gasteiger charge is -1.88. The van der Waals surface area contributed by atoms with E-state index in [-0.39, 0.29) is 16.7 Å². The Labute approximate surface area is 66.6 Å². The van der Waals surface area contributed by atoms with Crippen LogP contribution in [0.1, 0.15) is 5.69 Å². The molecule has 0 radical (unpaired) electrons. The molecular formula is C4H5ClN4O2. The van der Waals surface area contributed by atoms with E-state index < -0.39 is 6.73 Å². The van der Waals surface area contributed by atoms with E-state index in [1.807, 2.05) is 0 Å². The summed E-state index contributed by atoms with van der Waals surface area (Å²) in [5, 5.41) is 14.9. The van der Waals surface area contributed by atoms with Gasteiger partial charge in [0.2, 0.25) is 0 Å². The van der Waals surface area contributed by atoms with Crippen LogP contribution in [0.25, 0.3) is 0 Å². The standard InChI is InChI=1S/C4H5ClN4O2/c5-3(7-1-10)2-4(6)9-11-8-2/h10H,1H2,(H2,6,9)/b7-3-. The summed E-state index contributed by atoms with van der Waals surface area (Å²) in [6.45, 7) is -0.425. The number of aliphatic hydroxyl groups excluding tert-OH is 1. The zero-order valence-corrected chi connectivity index (χ0v) is 6.12. The molecule has 3 N–H and O–H groups in total. The highest BCUT2D eigenvalue weighted by molar-refractivity contribution is 6.69. The molecule has 0 bridgehead atoms. The van der Waals surface area contributed by atoms with Gasteiger partial charge >= 0.3 is 0 Å². The lowest BCUT2D eigenvalue weighted by Crippen LogP contribution is -1.98. The van der Waals surface area contributed by atoms with Gasteiger partial charge < -0.3 is 10.8 Å². The number of halogens is 1. The highest BCUT2D eigenvalue weighted by Gasteiger charge is 2.10. The van der Waals surface area contributed by atoms with E-state index in [0.29, 0.717) is 0 Å². The first-order valence-electron chi connectivity index (χ1n) is 2.65. The Bertz CT molecular complexity index is 271. The van der Waals surface area contributed by atoms with Crippen molar-refractivity contribution in [2.45, 2.75) is 0 Å². The molecule has 0 unspecified atom stereocenters. The highest BCUT2D eigenvalue weighted by atomic mass is 35.5. The van der Waals surface area contributed by atoms with E-state index in [1.165, 1.54) is 0 Å². The van der Waals surface area contributed by atoms with Crippen molar-refractivity contribution >= 4 is 22.6 Å². The second-order valence-electron chi connectivity index (χ2n) is 1.59. The monoisotopic (exact) mass is 176 g/mol. The second kappa shape index (κ2) is 3.31. The minimum absolute atomic E-state index is 0.0220. The molecule has 7 heteroatoms. The smallest absolute Gasteiger partial charge is 0.198 e. The first-order valence-corrected chi connectivity index (χ1v) is 3.02. The summed E-state index contributed by atoms with van der Waals surface area (Å²) >= 11 is 5.50. The fourth-order valence-electron chi connectivity index (χ4n) is 0.476. The summed E-state index contributed by atoms with van der Waals surface area (Å²) in [7, 11) is 0. The zero-order valence-electron chi connectivity index (χ0n) is 5.36. The summed E-state index contributed by atoms with van der Waals surface area (Å²) in [5.74, 6) is 0.0483. The molecule has 0 saturated heterocycles. The van der Waals surface area contributed by atoms with Gasteiger partial charge in [0.05, 0.1) is 0 Å². The summed E-state index contributed by atoms with van der Waals surface area (Å²) in [4.78, 5) is 3.42. The molecule has 0 amide bonds. The minimum Gasteiger partial charge on any atom is -0.379 e. The number of nitrogen functional groups attached to an aromatic ring is 1. The van der Waals surface area contributed by atoms with Crippen LogP contribution in [0.3, 0.4) is 0 Å². The van der Waals surface area contributed by atoms with Crippen LogP contribution in [-0.2, 0) is 0 Å². The minimum atomic E-state index is -0.425. The SMILES string of the molecule is Nc1nonc1/C(Cl)=N/CO. The molecule has 6 nitrogen and oxygen atoms in total. The number of nitrogens with two attached hydrogens (primary N) is 1. The third-order valence-electron chi connectivity index (χ3n) is 0.919. The van der Waals surface area contributed by atoms with Crippen LogP contribution in [0.4, 0.5) is 5.82 Å². The van der Waals surface area contributed by atoms with Crippen LogP contribution < -0.4 is 5.73 Å². The van der Waals surface area contributed by atoms with Crippen LogP contribution in [0.2, 0.25) is 0 Å². The Morgan fingerprint density at radius 2 is 2.45 bits per heavy atom. The first kappa shape index (κ1) is 7.96. The van der Waals surface area contributed by atoms with Crippen LogP contribution in [0, 0.1) is 0 Å². The van der Waals surface area contributed by atoms with Crippen molar-refractivity contribution in [1.29, 1.82) is 0 Å². The molecule has 0 aliphatic heterocycles. The predicted molar refractivity (Wildman–Crippen MR) is 38.2 cm³/mol. The average Bonchev–Trinajstić information content (AvgIpc) is 2.36. The Kier molecular flexibility index (Phi) is 2.40. The number of rotatable bonds is 2. The maximum Gasteiger partial charge on any atom is 0.198 e. The molecule has 11 heavy (non-hydrogen) atoms. The number of hydrogen-bond donors (Lipinski definition) is 2. The van der Waals surface area contributed by atoms with Gasteiger partial charge in [0.1, 0.15) is 6.73 Å². The van der Waals surface area contributed by atoms with Gasteiger partial charge in [0, 0.05) is 0 Å². The van der Waals surface area contributed by atoms with Gasteiger partial charge in [-0.3, -0.25) is 0 Å². The van der Waals surface area contributed by atoms with Gasteiger partial charge in [-0.1, -0.05) is 11.6 Å². The molecule has 0 fully saturated rings. The molecule has 0 aliphatic rings. The van der Waals surface area contributed by atoms with Crippen LogP contribution in [-0.4, -0.2) is 27.3 Å². The number of hydrogen-bond acceptors (Lipinski definition) is 6. The molecule has 1 aromatic heterocycles. The van der Waals surface area contributed by atoms with Gasteiger partial charge in [-0.2, -0.15) is 0 Å². The Morgan fingerprint density at radius 1 is 1.73 bits per heavy atom. The van der Waals surface area contributed by atoms with E-state index in [0.717, 1.165) is 0 Å². The van der Waals surface area contributed by atoms with Gasteiger partial charge in [-0.25, -0.2) is 9.62 Å². The van der Waals surface area contributed by atoms with Crippen molar-refractivity contribution in [2.75, 3.05) is 12.5 Å². The van der Waals surface area contributed by atoms with Crippen molar-refractivity contribution in [2.24, 2.45) is 4.99 Å². The molecular weight excluding hydrogens is 172 g/mol. The Morgan fingerprint density at radius 3 is 2.91 bits per heavy atom. The topological polar surface area (TPSA) is 97.5 Å². The lowest BCUT2D eigenvalue weighted by molar-refractivity contribution is 0.306. The van der Waals surface area contributed by atoms with E-state index in [1.54, 1.807) is 0 Å². The number of aromatic nitrogens is 2. The molecule has 0 atom stereocenters. The number of anilines is 1. The Hall–Kier alpha value is -1.14. The second-order valence-corrected chi connectivity index (χ2v) is 1.95. The molecule has 1 aromatic rings. The fraction of sp³-hybridized carbons (Fsp3) is 0.250. The summed E-state index contributed by atoms with van der Waals surface area (Å²) in [6.07, 6.45) is 0. The molecule has 1 heterocycles. The average molecular weight is 177 g/mol. The van der Waals surface area contributed by atoms with Gasteiger partial charge in [0.15, 0.2) is 16.7 Å². The molecule has 60 valence electrons. The van der Waals surface area contributed by atoms with Crippen molar-refractivity contribution in [3.05, 3.63) is 5.69 Å². The maximum absolute atomic E-state index is 8.33. The van der Waals surface area contributed by atoms with Crippen LogP contribution in [0.5, 0.6) is 0 Å². The highest BCUT2D eigenvalue weighted by Crippen LogP contribution is 2.08.